The van der Waals surface area contributed by atoms with Crippen molar-refractivity contribution in [1.82, 2.24) is 36.2 Å². The molecule has 0 saturated carbocycles. The molecule has 1 aromatic heterocycles. The van der Waals surface area contributed by atoms with E-state index in [0.717, 1.165) is 0 Å². The number of nitrogens with one attached hydrogen (secondary N) is 5. The summed E-state index contributed by atoms with van der Waals surface area (Å²) in [6.07, 6.45) is -1.29. The van der Waals surface area contributed by atoms with Crippen molar-refractivity contribution >= 4 is 72.7 Å². The number of hydrogen-bond acceptors (Lipinski definition) is 14. The molecule has 19 nitrogen and oxygen atoms in total. The zero-order chi connectivity index (χ0) is 39.6. The number of sulfonamides is 1. The Kier molecular flexibility index (Phi) is 14.6. The number of primary sulfonamides is 1. The number of hydrogen-bond donors (Lipinski definition) is 7. The van der Waals surface area contributed by atoms with E-state index in [2.05, 4.69) is 41.5 Å². The molecule has 0 aliphatic heterocycles. The standard InChI is InChI=1S/C31H42ClN11O8S2/c1-35-23(44)14-13-20-21(11-8-12-22(20)53(34,50)51)43(18-16-25(46)37-3)30-41-28(32)40-29(42-30)39-27(52(48,49)19-9-6-5-7-10-19)31(33,26(47)38-4)17-15-24(45)36-2/h5-12,27H,13-18,33H2,1-4H3,(H,35,44)(H,36,45)(H,37,46)(H,38,47)(H2,34,50,51)(H,39,40,41,42). The predicted molar refractivity (Wildman–Crippen MR) is 196 cm³/mol. The molecule has 0 radical (unpaired) electrons. The number of carbonyl (C=O) groups excluding carboxylic acids is 4. The monoisotopic (exact) mass is 795 g/mol. The second kappa shape index (κ2) is 18.2. The van der Waals surface area contributed by atoms with Crippen molar-refractivity contribution < 1.29 is 36.0 Å². The van der Waals surface area contributed by atoms with E-state index in [9.17, 15) is 36.0 Å². The normalized spacial score (nSPS) is 13.2. The Balaban J connectivity index is 2.31. The summed E-state index contributed by atoms with van der Waals surface area (Å²) >= 11 is 6.39. The van der Waals surface area contributed by atoms with Crippen LogP contribution < -0.4 is 42.4 Å². The minimum atomic E-state index is -4.59. The van der Waals surface area contributed by atoms with Crippen LogP contribution in [0.15, 0.2) is 58.3 Å². The van der Waals surface area contributed by atoms with Crippen molar-refractivity contribution in [1.29, 1.82) is 0 Å². The maximum atomic E-state index is 14.3. The third-order valence-electron chi connectivity index (χ3n) is 8.07. The molecule has 4 amide bonds. The number of sulfone groups is 1. The van der Waals surface area contributed by atoms with E-state index >= 15 is 0 Å². The van der Waals surface area contributed by atoms with Gasteiger partial charge in [-0.15, -0.1) is 0 Å². The molecule has 0 aliphatic carbocycles. The van der Waals surface area contributed by atoms with Crippen LogP contribution in [0, 0.1) is 0 Å². The summed E-state index contributed by atoms with van der Waals surface area (Å²) < 4.78 is 54.0. The Morgan fingerprint density at radius 1 is 0.811 bits per heavy atom. The van der Waals surface area contributed by atoms with E-state index in [4.69, 9.17) is 22.5 Å². The van der Waals surface area contributed by atoms with Gasteiger partial charge in [0.05, 0.1) is 9.79 Å². The summed E-state index contributed by atoms with van der Waals surface area (Å²) in [4.78, 5) is 63.9. The lowest BCUT2D eigenvalue weighted by Gasteiger charge is -2.35. The molecule has 0 aliphatic rings. The van der Waals surface area contributed by atoms with Crippen molar-refractivity contribution in [2.75, 3.05) is 45.0 Å². The number of benzene rings is 2. The highest BCUT2D eigenvalue weighted by Crippen LogP contribution is 2.34. The Hall–Kier alpha value is -4.96. The van der Waals surface area contributed by atoms with Crippen LogP contribution in [-0.4, -0.2) is 101 Å². The lowest BCUT2D eigenvalue weighted by Crippen LogP contribution is -2.66. The lowest BCUT2D eigenvalue weighted by molar-refractivity contribution is -0.127. The van der Waals surface area contributed by atoms with Gasteiger partial charge in [0.1, 0.15) is 5.54 Å². The summed E-state index contributed by atoms with van der Waals surface area (Å²) in [6, 6.07) is 11.2. The third kappa shape index (κ3) is 10.6. The topological polar surface area (TPSA) is 291 Å². The highest BCUT2D eigenvalue weighted by molar-refractivity contribution is 7.92. The zero-order valence-corrected chi connectivity index (χ0v) is 31.7. The molecule has 53 heavy (non-hydrogen) atoms. The average Bonchev–Trinajstić information content (AvgIpc) is 3.14. The van der Waals surface area contributed by atoms with E-state index < -0.39 is 72.1 Å². The molecule has 3 aromatic rings. The molecule has 0 bridgehead atoms. The van der Waals surface area contributed by atoms with Crippen molar-refractivity contribution in [2.45, 2.75) is 52.8 Å². The van der Waals surface area contributed by atoms with E-state index in [-0.39, 0.29) is 59.2 Å². The molecule has 288 valence electrons. The second-order valence-corrected chi connectivity index (χ2v) is 15.4. The number of halogens is 1. The molecule has 2 atom stereocenters. The maximum Gasteiger partial charge on any atom is 0.243 e. The first-order valence-electron chi connectivity index (χ1n) is 15.9. The number of aromatic nitrogens is 3. The van der Waals surface area contributed by atoms with Crippen LogP contribution in [0.3, 0.4) is 0 Å². The second-order valence-electron chi connectivity index (χ2n) is 11.4. The first kappa shape index (κ1) is 42.5. The lowest BCUT2D eigenvalue weighted by atomic mass is 9.92. The average molecular weight is 796 g/mol. The highest BCUT2D eigenvalue weighted by atomic mass is 35.5. The van der Waals surface area contributed by atoms with Gasteiger partial charge in [-0.25, -0.2) is 22.0 Å². The Morgan fingerprint density at radius 3 is 2.00 bits per heavy atom. The SMILES string of the molecule is CNC(=O)CCc1c(N(CCC(=O)NC)c2nc(Cl)nc(NC(C(N)(CCC(=O)NC)C(=O)NC)S(=O)(=O)c3ccccc3)n2)cccc1S(N)(=O)=O. The molecule has 2 unspecified atom stereocenters. The quantitative estimate of drug-likeness (QED) is 0.0839. The van der Waals surface area contributed by atoms with Crippen LogP contribution in [0.25, 0.3) is 0 Å². The minimum absolute atomic E-state index is 0.0841. The number of nitrogens with zero attached hydrogens (tertiary/aromatic N) is 4. The number of carbonyl (C=O) groups is 4. The number of anilines is 3. The van der Waals surface area contributed by atoms with Crippen LogP contribution in [0.4, 0.5) is 17.6 Å². The van der Waals surface area contributed by atoms with Crippen molar-refractivity contribution in [3.63, 3.8) is 0 Å². The van der Waals surface area contributed by atoms with Gasteiger partial charge in [0.15, 0.2) is 5.37 Å². The fourth-order valence-corrected chi connectivity index (χ4v) is 8.09. The molecular formula is C31H42ClN11O8S2. The van der Waals surface area contributed by atoms with Crippen LogP contribution >= 0.6 is 11.6 Å². The summed E-state index contributed by atoms with van der Waals surface area (Å²) in [7, 11) is -3.51. The Morgan fingerprint density at radius 2 is 1.42 bits per heavy atom. The number of rotatable bonds is 18. The van der Waals surface area contributed by atoms with Crippen LogP contribution in [0.2, 0.25) is 5.28 Å². The molecule has 3 rings (SSSR count). The van der Waals surface area contributed by atoms with Crippen LogP contribution in [0.1, 0.15) is 31.2 Å². The number of nitrogens with two attached hydrogens (primary N) is 2. The van der Waals surface area contributed by atoms with Gasteiger partial charge >= 0.3 is 0 Å². The molecule has 9 N–H and O–H groups in total. The first-order chi connectivity index (χ1) is 24.9. The van der Waals surface area contributed by atoms with Gasteiger partial charge in [0.25, 0.3) is 0 Å². The Labute approximate surface area is 312 Å². The van der Waals surface area contributed by atoms with Gasteiger partial charge in [-0.1, -0.05) is 24.3 Å². The maximum absolute atomic E-state index is 14.3. The highest BCUT2D eigenvalue weighted by Gasteiger charge is 2.50. The van der Waals surface area contributed by atoms with Gasteiger partial charge in [-0.05, 0) is 54.3 Å². The molecule has 0 saturated heterocycles. The van der Waals surface area contributed by atoms with Crippen LogP contribution in [0.5, 0.6) is 0 Å². The minimum Gasteiger partial charge on any atom is -0.359 e. The van der Waals surface area contributed by atoms with Gasteiger partial charge < -0.3 is 37.2 Å². The summed E-state index contributed by atoms with van der Waals surface area (Å²) in [5, 5.41) is 15.4. The molecule has 0 spiro atoms. The fraction of sp³-hybridized carbons (Fsp3) is 0.387. The summed E-state index contributed by atoms with van der Waals surface area (Å²) in [6.45, 7) is -0.197. The molecular weight excluding hydrogens is 754 g/mol. The number of amides is 4. The smallest absolute Gasteiger partial charge is 0.243 e. The third-order valence-corrected chi connectivity index (χ3v) is 11.3. The van der Waals surface area contributed by atoms with Gasteiger partial charge in [0.2, 0.25) is 60.7 Å². The number of likely N-dealkylation sites (N-methyl/N-ethyl adjacent to an activating group) is 1. The van der Waals surface area contributed by atoms with E-state index in [1.54, 1.807) is 6.07 Å². The van der Waals surface area contributed by atoms with Crippen molar-refractivity contribution in [3.8, 4) is 0 Å². The zero-order valence-electron chi connectivity index (χ0n) is 29.3. The molecule has 22 heteroatoms. The predicted octanol–water partition coefficient (Wildman–Crippen LogP) is -0.693. The van der Waals surface area contributed by atoms with Crippen molar-refractivity contribution in [2.24, 2.45) is 10.9 Å². The molecule has 1 heterocycles. The Bertz CT molecular complexity index is 2040. The van der Waals surface area contributed by atoms with Gasteiger partial charge in [-0.2, -0.15) is 15.0 Å². The van der Waals surface area contributed by atoms with Crippen LogP contribution in [-0.2, 0) is 45.5 Å². The van der Waals surface area contributed by atoms with Crippen molar-refractivity contribution in [3.05, 3.63) is 59.4 Å². The molecule has 0 fully saturated rings. The van der Waals surface area contributed by atoms with E-state index in [0.29, 0.717) is 0 Å². The molecule has 2 aromatic carbocycles. The van der Waals surface area contributed by atoms with E-state index in [1.165, 1.54) is 75.6 Å². The summed E-state index contributed by atoms with van der Waals surface area (Å²) in [5.74, 6) is -3.09. The first-order valence-corrected chi connectivity index (χ1v) is 19.4. The summed E-state index contributed by atoms with van der Waals surface area (Å²) in [5.41, 5.74) is 4.52. The fourth-order valence-electron chi connectivity index (χ4n) is 5.27. The van der Waals surface area contributed by atoms with Gasteiger partial charge in [0, 0.05) is 59.7 Å². The largest absolute Gasteiger partial charge is 0.359 e. The van der Waals surface area contributed by atoms with Gasteiger partial charge in [-0.3, -0.25) is 19.2 Å². The van der Waals surface area contributed by atoms with E-state index in [1.807, 2.05) is 0 Å².